The molecule has 0 unspecified atom stereocenters. The number of hydrogen-bond donors (Lipinski definition) is 1. The molecule has 0 atom stereocenters. The van der Waals surface area contributed by atoms with E-state index in [1.165, 1.54) is 22.4 Å². The van der Waals surface area contributed by atoms with Gasteiger partial charge in [-0.05, 0) is 25.5 Å². The van der Waals surface area contributed by atoms with Gasteiger partial charge in [0.1, 0.15) is 0 Å². The molecule has 0 bridgehead atoms. The van der Waals surface area contributed by atoms with E-state index in [1.54, 1.807) is 0 Å². The summed E-state index contributed by atoms with van der Waals surface area (Å²) in [5.74, 6) is 0. The lowest BCUT2D eigenvalue weighted by Gasteiger charge is -2.06. The Hall–Kier alpha value is -1.61. The predicted octanol–water partition coefficient (Wildman–Crippen LogP) is 1.90. The number of nitrogens with zero attached hydrogens (tertiary/aromatic N) is 2. The van der Waals surface area contributed by atoms with Gasteiger partial charge in [0, 0.05) is 12.6 Å². The second-order valence-corrected chi connectivity index (χ2v) is 4.05. The number of aryl methyl sites for hydroxylation is 2. The standard InChI is InChI=1S/C13H17N3/c1-10-3-5-11(6-4-10)13-12(7-8-14)9-15-16(13)2/h3-6,9H,7-8,14H2,1-2H3. The minimum atomic E-state index is 0.657. The van der Waals surface area contributed by atoms with Gasteiger partial charge in [0.15, 0.2) is 0 Å². The van der Waals surface area contributed by atoms with Gasteiger partial charge in [-0.25, -0.2) is 0 Å². The molecule has 0 amide bonds. The molecule has 0 saturated heterocycles. The van der Waals surface area contributed by atoms with Crippen molar-refractivity contribution in [1.82, 2.24) is 9.78 Å². The normalized spacial score (nSPS) is 10.7. The largest absolute Gasteiger partial charge is 0.330 e. The van der Waals surface area contributed by atoms with Crippen LogP contribution in [0.25, 0.3) is 11.3 Å². The first kappa shape index (κ1) is 10.9. The van der Waals surface area contributed by atoms with Crippen LogP contribution in [0, 0.1) is 6.92 Å². The van der Waals surface area contributed by atoms with Gasteiger partial charge in [0.05, 0.1) is 11.9 Å². The van der Waals surface area contributed by atoms with E-state index in [1.807, 2.05) is 17.9 Å². The second kappa shape index (κ2) is 4.49. The summed E-state index contributed by atoms with van der Waals surface area (Å²) in [7, 11) is 1.97. The van der Waals surface area contributed by atoms with Crippen LogP contribution in [0.5, 0.6) is 0 Å². The third kappa shape index (κ3) is 1.99. The van der Waals surface area contributed by atoms with Crippen LogP contribution >= 0.6 is 0 Å². The molecular weight excluding hydrogens is 198 g/mol. The van der Waals surface area contributed by atoms with Crippen molar-refractivity contribution in [2.24, 2.45) is 12.8 Å². The van der Waals surface area contributed by atoms with Gasteiger partial charge in [-0.2, -0.15) is 5.10 Å². The summed E-state index contributed by atoms with van der Waals surface area (Å²) >= 11 is 0. The van der Waals surface area contributed by atoms with Gasteiger partial charge in [0.25, 0.3) is 0 Å². The summed E-state index contributed by atoms with van der Waals surface area (Å²) in [5, 5.41) is 4.30. The van der Waals surface area contributed by atoms with Crippen molar-refractivity contribution in [2.75, 3.05) is 6.54 Å². The summed E-state index contributed by atoms with van der Waals surface area (Å²) in [6.07, 6.45) is 2.78. The van der Waals surface area contributed by atoms with Crippen molar-refractivity contribution >= 4 is 0 Å². The molecule has 1 heterocycles. The van der Waals surface area contributed by atoms with E-state index >= 15 is 0 Å². The Balaban J connectivity index is 2.45. The molecule has 2 N–H and O–H groups in total. The van der Waals surface area contributed by atoms with Gasteiger partial charge < -0.3 is 5.73 Å². The monoisotopic (exact) mass is 215 g/mol. The lowest BCUT2D eigenvalue weighted by atomic mass is 10.0. The zero-order chi connectivity index (χ0) is 11.5. The van der Waals surface area contributed by atoms with E-state index in [2.05, 4.69) is 36.3 Å². The van der Waals surface area contributed by atoms with Crippen LogP contribution in [0.1, 0.15) is 11.1 Å². The second-order valence-electron chi connectivity index (χ2n) is 4.05. The van der Waals surface area contributed by atoms with Gasteiger partial charge in [-0.15, -0.1) is 0 Å². The highest BCUT2D eigenvalue weighted by atomic mass is 15.3. The van der Waals surface area contributed by atoms with Crippen LogP contribution < -0.4 is 5.73 Å². The molecular formula is C13H17N3. The van der Waals surface area contributed by atoms with Crippen molar-refractivity contribution in [3.05, 3.63) is 41.6 Å². The molecule has 0 aliphatic carbocycles. The molecule has 16 heavy (non-hydrogen) atoms. The van der Waals surface area contributed by atoms with Crippen molar-refractivity contribution in [3.63, 3.8) is 0 Å². The van der Waals surface area contributed by atoms with E-state index in [9.17, 15) is 0 Å². The third-order valence-corrected chi connectivity index (χ3v) is 2.75. The van der Waals surface area contributed by atoms with Gasteiger partial charge in [-0.3, -0.25) is 4.68 Å². The maximum atomic E-state index is 5.60. The van der Waals surface area contributed by atoms with Crippen LogP contribution in [0.4, 0.5) is 0 Å². The summed E-state index contributed by atoms with van der Waals surface area (Å²) in [4.78, 5) is 0. The maximum Gasteiger partial charge on any atom is 0.0711 e. The fourth-order valence-electron chi connectivity index (χ4n) is 1.91. The number of benzene rings is 1. The molecule has 0 radical (unpaired) electrons. The van der Waals surface area contributed by atoms with Crippen molar-refractivity contribution in [2.45, 2.75) is 13.3 Å². The molecule has 3 heteroatoms. The summed E-state index contributed by atoms with van der Waals surface area (Å²) in [6, 6.07) is 8.50. The predicted molar refractivity (Wildman–Crippen MR) is 66.1 cm³/mol. The van der Waals surface area contributed by atoms with Gasteiger partial charge >= 0.3 is 0 Å². The molecule has 1 aromatic carbocycles. The molecule has 84 valence electrons. The molecule has 0 aliphatic rings. The molecule has 0 aliphatic heterocycles. The Morgan fingerprint density at radius 1 is 1.25 bits per heavy atom. The van der Waals surface area contributed by atoms with Crippen LogP contribution in [-0.4, -0.2) is 16.3 Å². The van der Waals surface area contributed by atoms with E-state index in [4.69, 9.17) is 5.73 Å². The Bertz CT molecular complexity index is 468. The van der Waals surface area contributed by atoms with E-state index in [0.29, 0.717) is 6.54 Å². The lowest BCUT2D eigenvalue weighted by Crippen LogP contribution is -2.04. The molecule has 0 spiro atoms. The molecule has 2 rings (SSSR count). The molecule has 2 aromatic rings. The minimum Gasteiger partial charge on any atom is -0.330 e. The van der Waals surface area contributed by atoms with Crippen LogP contribution in [0.15, 0.2) is 30.5 Å². The maximum absolute atomic E-state index is 5.60. The number of hydrogen-bond acceptors (Lipinski definition) is 2. The van der Waals surface area contributed by atoms with Gasteiger partial charge in [-0.1, -0.05) is 29.8 Å². The SMILES string of the molecule is Cc1ccc(-c2c(CCN)cnn2C)cc1. The summed E-state index contributed by atoms with van der Waals surface area (Å²) in [6.45, 7) is 2.75. The Morgan fingerprint density at radius 2 is 1.94 bits per heavy atom. The average Bonchev–Trinajstić information content (AvgIpc) is 2.62. The van der Waals surface area contributed by atoms with Crippen LogP contribution in [0.3, 0.4) is 0 Å². The van der Waals surface area contributed by atoms with E-state index < -0.39 is 0 Å². The summed E-state index contributed by atoms with van der Waals surface area (Å²) < 4.78 is 1.91. The highest BCUT2D eigenvalue weighted by molar-refractivity contribution is 5.63. The van der Waals surface area contributed by atoms with Crippen LogP contribution in [-0.2, 0) is 13.5 Å². The number of nitrogens with two attached hydrogens (primary N) is 1. The topological polar surface area (TPSA) is 43.8 Å². The fourth-order valence-corrected chi connectivity index (χ4v) is 1.91. The molecule has 3 nitrogen and oxygen atoms in total. The van der Waals surface area contributed by atoms with E-state index in [-0.39, 0.29) is 0 Å². The minimum absolute atomic E-state index is 0.657. The van der Waals surface area contributed by atoms with Crippen molar-refractivity contribution in [3.8, 4) is 11.3 Å². The molecule has 0 saturated carbocycles. The first-order chi connectivity index (χ1) is 7.72. The van der Waals surface area contributed by atoms with E-state index in [0.717, 1.165) is 6.42 Å². The average molecular weight is 215 g/mol. The van der Waals surface area contributed by atoms with Gasteiger partial charge in [0.2, 0.25) is 0 Å². The Labute approximate surface area is 95.9 Å². The first-order valence-corrected chi connectivity index (χ1v) is 5.50. The number of rotatable bonds is 3. The molecule has 0 fully saturated rings. The zero-order valence-electron chi connectivity index (χ0n) is 9.77. The molecule has 1 aromatic heterocycles. The lowest BCUT2D eigenvalue weighted by molar-refractivity contribution is 0.775. The zero-order valence-corrected chi connectivity index (χ0v) is 9.77. The summed E-state index contributed by atoms with van der Waals surface area (Å²) in [5.41, 5.74) is 10.5. The van der Waals surface area contributed by atoms with Crippen molar-refractivity contribution < 1.29 is 0 Å². The highest BCUT2D eigenvalue weighted by Crippen LogP contribution is 2.23. The highest BCUT2D eigenvalue weighted by Gasteiger charge is 2.09. The fraction of sp³-hybridized carbons (Fsp3) is 0.308. The quantitative estimate of drug-likeness (QED) is 0.849. The van der Waals surface area contributed by atoms with Crippen LogP contribution in [0.2, 0.25) is 0 Å². The smallest absolute Gasteiger partial charge is 0.0711 e. The third-order valence-electron chi connectivity index (χ3n) is 2.75. The first-order valence-electron chi connectivity index (χ1n) is 5.50. The Kier molecular flexibility index (Phi) is 3.06. The number of aromatic nitrogens is 2. The Morgan fingerprint density at radius 3 is 2.56 bits per heavy atom. The van der Waals surface area contributed by atoms with Crippen molar-refractivity contribution in [1.29, 1.82) is 0 Å².